The molecule has 4 nitrogen and oxygen atoms in total. The van der Waals surface area contributed by atoms with Gasteiger partial charge in [-0.2, -0.15) is 5.10 Å². The molecule has 0 saturated heterocycles. The second kappa shape index (κ2) is 5.85. The fourth-order valence-corrected chi connectivity index (χ4v) is 1.61. The van der Waals surface area contributed by atoms with Crippen LogP contribution in [0.25, 0.3) is 0 Å². The van der Waals surface area contributed by atoms with Crippen LogP contribution in [0.4, 0.5) is 0 Å². The molecule has 1 aromatic rings. The zero-order valence-electron chi connectivity index (χ0n) is 10.2. The van der Waals surface area contributed by atoms with Crippen LogP contribution in [0.15, 0.2) is 0 Å². The number of nitrogens with one attached hydrogen (secondary N) is 2. The minimum absolute atomic E-state index is 0.228. The quantitative estimate of drug-likeness (QED) is 0.757. The highest BCUT2D eigenvalue weighted by molar-refractivity contribution is 4.95. The molecule has 0 amide bonds. The van der Waals surface area contributed by atoms with Crippen molar-refractivity contribution in [1.82, 2.24) is 20.5 Å². The third-order valence-electron chi connectivity index (χ3n) is 2.74. The summed E-state index contributed by atoms with van der Waals surface area (Å²) >= 11 is 0. The molecule has 0 aliphatic carbocycles. The molecule has 0 aromatic carbocycles. The molecule has 0 spiro atoms. The Morgan fingerprint density at radius 3 is 2.40 bits per heavy atom. The van der Waals surface area contributed by atoms with Crippen LogP contribution >= 0.6 is 0 Å². The van der Waals surface area contributed by atoms with E-state index in [9.17, 15) is 0 Å². The zero-order valence-corrected chi connectivity index (χ0v) is 10.2. The summed E-state index contributed by atoms with van der Waals surface area (Å²) in [4.78, 5) is 4.42. The first-order valence-corrected chi connectivity index (χ1v) is 5.88. The maximum absolute atomic E-state index is 4.42. The minimum Gasteiger partial charge on any atom is -0.305 e. The molecule has 2 N–H and O–H groups in total. The summed E-state index contributed by atoms with van der Waals surface area (Å²) in [6.07, 6.45) is 3.20. The van der Waals surface area contributed by atoms with Crippen LogP contribution in [0.5, 0.6) is 0 Å². The minimum atomic E-state index is 0.228. The normalized spacial score (nSPS) is 13.4. The standard InChI is InChI=1S/C11H22N4/c1-5-9(6-2)12-8(4)11-13-10(7-3)14-15-11/h8-9,12H,5-7H2,1-4H3,(H,13,14,15). The van der Waals surface area contributed by atoms with E-state index in [1.165, 1.54) is 0 Å². The first-order chi connectivity index (χ1) is 7.21. The van der Waals surface area contributed by atoms with Crippen LogP contribution in [-0.4, -0.2) is 21.2 Å². The Bertz CT molecular complexity index is 278. The summed E-state index contributed by atoms with van der Waals surface area (Å²) in [6.45, 7) is 8.58. The number of aromatic nitrogens is 3. The van der Waals surface area contributed by atoms with E-state index >= 15 is 0 Å². The van der Waals surface area contributed by atoms with Crippen molar-refractivity contribution < 1.29 is 0 Å². The average molecular weight is 210 g/mol. The smallest absolute Gasteiger partial charge is 0.167 e. The second-order valence-electron chi connectivity index (χ2n) is 3.90. The highest BCUT2D eigenvalue weighted by Crippen LogP contribution is 2.10. The summed E-state index contributed by atoms with van der Waals surface area (Å²) < 4.78 is 0. The molecule has 0 aliphatic rings. The van der Waals surface area contributed by atoms with E-state index in [1.54, 1.807) is 0 Å². The number of rotatable bonds is 6. The van der Waals surface area contributed by atoms with Gasteiger partial charge >= 0.3 is 0 Å². The molecule has 4 heteroatoms. The molecule has 0 bridgehead atoms. The number of aromatic amines is 1. The summed E-state index contributed by atoms with van der Waals surface area (Å²) in [5.41, 5.74) is 0. The Kier molecular flexibility index (Phi) is 4.75. The Morgan fingerprint density at radius 2 is 1.93 bits per heavy atom. The molecule has 15 heavy (non-hydrogen) atoms. The van der Waals surface area contributed by atoms with E-state index < -0.39 is 0 Å². The summed E-state index contributed by atoms with van der Waals surface area (Å²) in [6, 6.07) is 0.787. The Hall–Kier alpha value is -0.900. The van der Waals surface area contributed by atoms with Crippen molar-refractivity contribution in [3.63, 3.8) is 0 Å². The fourth-order valence-electron chi connectivity index (χ4n) is 1.61. The lowest BCUT2D eigenvalue weighted by Gasteiger charge is -2.18. The van der Waals surface area contributed by atoms with Crippen molar-refractivity contribution in [2.75, 3.05) is 0 Å². The van der Waals surface area contributed by atoms with Crippen LogP contribution in [0.1, 0.15) is 58.2 Å². The summed E-state index contributed by atoms with van der Waals surface area (Å²) in [5, 5.41) is 10.7. The molecule has 1 unspecified atom stereocenters. The van der Waals surface area contributed by atoms with Crippen molar-refractivity contribution in [3.8, 4) is 0 Å². The van der Waals surface area contributed by atoms with Crippen LogP contribution in [0.2, 0.25) is 0 Å². The van der Waals surface area contributed by atoms with E-state index in [4.69, 9.17) is 0 Å². The third-order valence-corrected chi connectivity index (χ3v) is 2.74. The van der Waals surface area contributed by atoms with Gasteiger partial charge in [0.2, 0.25) is 0 Å². The monoisotopic (exact) mass is 210 g/mol. The number of hydrogen-bond donors (Lipinski definition) is 2. The number of aryl methyl sites for hydroxylation is 1. The molecule has 1 atom stereocenters. The average Bonchev–Trinajstić information content (AvgIpc) is 2.74. The van der Waals surface area contributed by atoms with Crippen molar-refractivity contribution >= 4 is 0 Å². The molecular weight excluding hydrogens is 188 g/mol. The van der Waals surface area contributed by atoms with Gasteiger partial charge in [-0.05, 0) is 19.8 Å². The van der Waals surface area contributed by atoms with Gasteiger partial charge in [0, 0.05) is 12.5 Å². The van der Waals surface area contributed by atoms with Gasteiger partial charge in [0.05, 0.1) is 6.04 Å². The van der Waals surface area contributed by atoms with Crippen LogP contribution in [-0.2, 0) is 6.42 Å². The van der Waals surface area contributed by atoms with Gasteiger partial charge in [-0.25, -0.2) is 4.98 Å². The summed E-state index contributed by atoms with van der Waals surface area (Å²) in [7, 11) is 0. The van der Waals surface area contributed by atoms with Gasteiger partial charge in [-0.1, -0.05) is 20.8 Å². The van der Waals surface area contributed by atoms with Gasteiger partial charge in [0.15, 0.2) is 5.82 Å². The van der Waals surface area contributed by atoms with Gasteiger partial charge in [-0.3, -0.25) is 5.10 Å². The fraction of sp³-hybridized carbons (Fsp3) is 0.818. The molecule has 0 fully saturated rings. The van der Waals surface area contributed by atoms with Crippen LogP contribution < -0.4 is 5.32 Å². The number of H-pyrrole nitrogens is 1. The number of hydrogen-bond acceptors (Lipinski definition) is 3. The predicted molar refractivity (Wildman–Crippen MR) is 61.7 cm³/mol. The first-order valence-electron chi connectivity index (χ1n) is 5.88. The van der Waals surface area contributed by atoms with E-state index in [0.717, 1.165) is 30.9 Å². The molecule has 1 aromatic heterocycles. The van der Waals surface area contributed by atoms with Gasteiger partial charge < -0.3 is 5.32 Å². The Morgan fingerprint density at radius 1 is 1.27 bits per heavy atom. The maximum Gasteiger partial charge on any atom is 0.167 e. The largest absolute Gasteiger partial charge is 0.305 e. The zero-order chi connectivity index (χ0) is 11.3. The third kappa shape index (κ3) is 3.30. The molecule has 1 rings (SSSR count). The van der Waals surface area contributed by atoms with Crippen molar-refractivity contribution in [2.45, 2.75) is 59.0 Å². The SMILES string of the molecule is CCc1nc(C(C)NC(CC)CC)n[nH]1. The lowest BCUT2D eigenvalue weighted by atomic mass is 10.1. The molecule has 0 saturated carbocycles. The molecule has 0 radical (unpaired) electrons. The summed E-state index contributed by atoms with van der Waals surface area (Å²) in [5.74, 6) is 1.84. The van der Waals surface area contributed by atoms with E-state index in [-0.39, 0.29) is 6.04 Å². The van der Waals surface area contributed by atoms with E-state index in [0.29, 0.717) is 6.04 Å². The number of nitrogens with zero attached hydrogens (tertiary/aromatic N) is 2. The molecular formula is C11H22N4. The van der Waals surface area contributed by atoms with Crippen molar-refractivity contribution in [2.24, 2.45) is 0 Å². The molecule has 86 valence electrons. The van der Waals surface area contributed by atoms with Crippen molar-refractivity contribution in [3.05, 3.63) is 11.6 Å². The Labute approximate surface area is 91.9 Å². The van der Waals surface area contributed by atoms with E-state index in [1.807, 2.05) is 0 Å². The Balaban J connectivity index is 2.55. The van der Waals surface area contributed by atoms with Crippen LogP contribution in [0.3, 0.4) is 0 Å². The predicted octanol–water partition coefficient (Wildman–Crippen LogP) is 2.21. The van der Waals surface area contributed by atoms with Crippen LogP contribution in [0, 0.1) is 0 Å². The topological polar surface area (TPSA) is 53.6 Å². The van der Waals surface area contributed by atoms with Gasteiger partial charge in [0.1, 0.15) is 5.82 Å². The maximum atomic E-state index is 4.42. The van der Waals surface area contributed by atoms with Crippen molar-refractivity contribution in [1.29, 1.82) is 0 Å². The molecule has 0 aliphatic heterocycles. The van der Waals surface area contributed by atoms with E-state index in [2.05, 4.69) is 48.2 Å². The van der Waals surface area contributed by atoms with Gasteiger partial charge in [-0.15, -0.1) is 0 Å². The first kappa shape index (κ1) is 12.2. The highest BCUT2D eigenvalue weighted by atomic mass is 15.2. The highest BCUT2D eigenvalue weighted by Gasteiger charge is 2.14. The molecule has 1 heterocycles. The lowest BCUT2D eigenvalue weighted by molar-refractivity contribution is 0.421. The van der Waals surface area contributed by atoms with Gasteiger partial charge in [0.25, 0.3) is 0 Å². The lowest BCUT2D eigenvalue weighted by Crippen LogP contribution is -2.30. The second-order valence-corrected chi connectivity index (χ2v) is 3.90.